The van der Waals surface area contributed by atoms with Gasteiger partial charge < -0.3 is 24.4 Å². The normalized spacial score (nSPS) is 30.8. The van der Waals surface area contributed by atoms with Crippen LogP contribution >= 0.6 is 0 Å². The molecule has 4 rings (SSSR count). The molecule has 1 aromatic carbocycles. The Morgan fingerprint density at radius 1 is 1.30 bits per heavy atom. The highest BCUT2D eigenvalue weighted by Crippen LogP contribution is 2.65. The van der Waals surface area contributed by atoms with E-state index < -0.39 is 41.1 Å². The minimum absolute atomic E-state index is 0.198. The zero-order chi connectivity index (χ0) is 27.1. The first kappa shape index (κ1) is 27.3. The van der Waals surface area contributed by atoms with Crippen molar-refractivity contribution in [2.24, 2.45) is 11.8 Å². The summed E-state index contributed by atoms with van der Waals surface area (Å²) in [5.41, 5.74) is 0.659. The maximum Gasteiger partial charge on any atom is 0.312 e. The van der Waals surface area contributed by atoms with Crippen LogP contribution in [0.1, 0.15) is 57.6 Å². The number of anilines is 1. The Hall–Kier alpha value is -2.71. The first-order valence-corrected chi connectivity index (χ1v) is 13.5. The van der Waals surface area contributed by atoms with Gasteiger partial charge >= 0.3 is 5.97 Å². The van der Waals surface area contributed by atoms with Crippen LogP contribution in [0.4, 0.5) is 5.69 Å². The van der Waals surface area contributed by atoms with E-state index in [2.05, 4.69) is 6.58 Å². The van der Waals surface area contributed by atoms with E-state index in [1.807, 2.05) is 45.9 Å². The molecule has 6 atom stereocenters. The molecule has 37 heavy (non-hydrogen) atoms. The lowest BCUT2D eigenvalue weighted by Gasteiger charge is -2.39. The quantitative estimate of drug-likeness (QED) is 0.382. The van der Waals surface area contributed by atoms with Crippen molar-refractivity contribution in [1.29, 1.82) is 0 Å². The average Bonchev–Trinajstić information content (AvgIpc) is 3.49. The molecule has 3 heterocycles. The van der Waals surface area contributed by atoms with Crippen molar-refractivity contribution < 1.29 is 29.0 Å². The second kappa shape index (κ2) is 10.2. The Bertz CT molecular complexity index is 1080. The van der Waals surface area contributed by atoms with Crippen LogP contribution in [-0.4, -0.2) is 70.8 Å². The van der Waals surface area contributed by atoms with E-state index in [1.165, 1.54) is 4.90 Å². The van der Waals surface area contributed by atoms with Crippen molar-refractivity contribution >= 4 is 23.5 Å². The number of hydrogen-bond acceptors (Lipinski definition) is 6. The van der Waals surface area contributed by atoms with Crippen molar-refractivity contribution in [3.63, 3.8) is 0 Å². The SMILES string of the molecule is C=CCN(C(=O)C1N([C@@H](CC)CO)C(=O)[C@@H]2[C@@H](C(=O)OCC)[C@@]3(CC)CCC12O3)c1cc(C)ccc1C. The third kappa shape index (κ3) is 4.00. The number of likely N-dealkylation sites (tertiary alicyclic amines) is 1. The zero-order valence-corrected chi connectivity index (χ0v) is 22.7. The Morgan fingerprint density at radius 2 is 2.03 bits per heavy atom. The second-order valence-electron chi connectivity index (χ2n) is 10.6. The first-order chi connectivity index (χ1) is 17.7. The minimum atomic E-state index is -1.17. The number of rotatable bonds is 10. The summed E-state index contributed by atoms with van der Waals surface area (Å²) in [5.74, 6) is -2.67. The topological polar surface area (TPSA) is 96.4 Å². The van der Waals surface area contributed by atoms with Crippen molar-refractivity contribution in [3.05, 3.63) is 42.0 Å². The molecule has 3 saturated heterocycles. The molecule has 2 unspecified atom stereocenters. The number of amides is 2. The molecular formula is C29H40N2O6. The van der Waals surface area contributed by atoms with Gasteiger partial charge in [-0.2, -0.15) is 0 Å². The lowest BCUT2D eigenvalue weighted by atomic mass is 9.65. The van der Waals surface area contributed by atoms with E-state index >= 15 is 0 Å². The Morgan fingerprint density at radius 3 is 2.62 bits per heavy atom. The molecule has 2 bridgehead atoms. The first-order valence-electron chi connectivity index (χ1n) is 13.5. The van der Waals surface area contributed by atoms with Crippen LogP contribution in [0.15, 0.2) is 30.9 Å². The predicted molar refractivity (Wildman–Crippen MR) is 140 cm³/mol. The number of nitrogens with zero attached hydrogens (tertiary/aromatic N) is 2. The lowest BCUT2D eigenvalue weighted by Crippen LogP contribution is -2.59. The summed E-state index contributed by atoms with van der Waals surface area (Å²) in [6, 6.07) is 4.36. The third-order valence-electron chi connectivity index (χ3n) is 8.70. The van der Waals surface area contributed by atoms with E-state index in [0.717, 1.165) is 16.8 Å². The molecule has 0 radical (unpaired) electrons. The smallest absolute Gasteiger partial charge is 0.312 e. The fraction of sp³-hybridized carbons (Fsp3) is 0.621. The van der Waals surface area contributed by atoms with Gasteiger partial charge in [-0.1, -0.05) is 32.1 Å². The van der Waals surface area contributed by atoms with Crippen molar-refractivity contribution in [3.8, 4) is 0 Å². The van der Waals surface area contributed by atoms with Gasteiger partial charge in [-0.3, -0.25) is 14.4 Å². The van der Waals surface area contributed by atoms with Gasteiger partial charge in [-0.15, -0.1) is 6.58 Å². The fourth-order valence-electron chi connectivity index (χ4n) is 6.93. The number of esters is 1. The molecule has 202 valence electrons. The molecule has 0 saturated carbocycles. The minimum Gasteiger partial charge on any atom is -0.466 e. The highest BCUT2D eigenvalue weighted by atomic mass is 16.6. The molecule has 8 heteroatoms. The number of aryl methyl sites for hydroxylation is 2. The van der Waals surface area contributed by atoms with E-state index in [1.54, 1.807) is 17.9 Å². The molecule has 3 aliphatic heterocycles. The summed E-state index contributed by atoms with van der Waals surface area (Å²) in [7, 11) is 0. The van der Waals surface area contributed by atoms with Gasteiger partial charge in [-0.05, 0) is 63.6 Å². The fourth-order valence-corrected chi connectivity index (χ4v) is 6.93. The Kier molecular flexibility index (Phi) is 7.55. The van der Waals surface area contributed by atoms with Gasteiger partial charge in [0, 0.05) is 12.2 Å². The molecule has 8 nitrogen and oxygen atoms in total. The van der Waals surface area contributed by atoms with Crippen molar-refractivity contribution in [2.45, 2.75) is 83.6 Å². The van der Waals surface area contributed by atoms with Crippen LogP contribution in [0.3, 0.4) is 0 Å². The summed E-state index contributed by atoms with van der Waals surface area (Å²) >= 11 is 0. The van der Waals surface area contributed by atoms with Gasteiger partial charge in [0.2, 0.25) is 5.91 Å². The summed E-state index contributed by atoms with van der Waals surface area (Å²) in [6.07, 6.45) is 3.71. The number of aliphatic hydroxyl groups excluding tert-OH is 1. The Balaban J connectivity index is 1.88. The molecule has 1 N–H and O–H groups in total. The van der Waals surface area contributed by atoms with Gasteiger partial charge in [0.15, 0.2) is 0 Å². The average molecular weight is 513 g/mol. The number of aliphatic hydroxyl groups is 1. The van der Waals surface area contributed by atoms with Crippen LogP contribution in [0.5, 0.6) is 0 Å². The zero-order valence-electron chi connectivity index (χ0n) is 22.7. The summed E-state index contributed by atoms with van der Waals surface area (Å²) < 4.78 is 12.2. The molecule has 0 aromatic heterocycles. The highest BCUT2D eigenvalue weighted by Gasteiger charge is 2.79. The maximum atomic E-state index is 14.6. The van der Waals surface area contributed by atoms with Crippen LogP contribution < -0.4 is 4.90 Å². The second-order valence-corrected chi connectivity index (χ2v) is 10.6. The number of carbonyl (C=O) groups excluding carboxylic acids is 3. The van der Waals surface area contributed by atoms with Gasteiger partial charge in [0.05, 0.1) is 30.8 Å². The van der Waals surface area contributed by atoms with Crippen molar-refractivity contribution in [2.75, 3.05) is 24.7 Å². The van der Waals surface area contributed by atoms with Crippen LogP contribution in [0.25, 0.3) is 0 Å². The molecule has 1 aromatic rings. The van der Waals surface area contributed by atoms with E-state index in [0.29, 0.717) is 25.7 Å². The summed E-state index contributed by atoms with van der Waals surface area (Å²) in [4.78, 5) is 45.3. The van der Waals surface area contributed by atoms with E-state index in [-0.39, 0.29) is 31.6 Å². The molecule has 3 aliphatic rings. The van der Waals surface area contributed by atoms with Gasteiger partial charge in [0.1, 0.15) is 17.6 Å². The van der Waals surface area contributed by atoms with E-state index in [9.17, 15) is 19.5 Å². The molecule has 0 aliphatic carbocycles. The number of hydrogen-bond donors (Lipinski definition) is 1. The summed E-state index contributed by atoms with van der Waals surface area (Å²) in [5, 5.41) is 10.3. The van der Waals surface area contributed by atoms with Crippen molar-refractivity contribution in [1.82, 2.24) is 4.90 Å². The summed E-state index contributed by atoms with van der Waals surface area (Å²) in [6.45, 7) is 13.5. The number of ether oxygens (including phenoxy) is 2. The van der Waals surface area contributed by atoms with Crippen LogP contribution in [-0.2, 0) is 23.9 Å². The number of benzene rings is 1. The largest absolute Gasteiger partial charge is 0.466 e. The van der Waals surface area contributed by atoms with Gasteiger partial charge in [0.25, 0.3) is 5.91 Å². The molecule has 1 spiro atoms. The third-order valence-corrected chi connectivity index (χ3v) is 8.70. The Labute approximate surface area is 219 Å². The number of fused-ring (bicyclic) bond motifs is 1. The maximum absolute atomic E-state index is 14.6. The van der Waals surface area contributed by atoms with Crippen LogP contribution in [0, 0.1) is 25.7 Å². The molecule has 3 fully saturated rings. The monoisotopic (exact) mass is 512 g/mol. The predicted octanol–water partition coefficient (Wildman–Crippen LogP) is 3.31. The standard InChI is InChI=1S/C29H40N2O6/c1-7-15-30(21-16-18(5)11-12-19(21)6)26(34)24-29-14-13-28(9-3,37-29)23(27(35)36-10-4)22(29)25(33)31(24)20(8-2)17-32/h7,11-12,16,20,22-24,32H,1,8-10,13-15,17H2,2-6H3/t20-,22-,23-,24?,28+,29?/m0/s1. The lowest BCUT2D eigenvalue weighted by molar-refractivity contribution is -0.161. The van der Waals surface area contributed by atoms with Crippen LogP contribution in [0.2, 0.25) is 0 Å². The molecule has 2 amide bonds. The highest BCUT2D eigenvalue weighted by molar-refractivity contribution is 6.05. The number of carbonyl (C=O) groups is 3. The molecular weight excluding hydrogens is 472 g/mol. The van der Waals surface area contributed by atoms with Gasteiger partial charge in [-0.25, -0.2) is 0 Å². The van der Waals surface area contributed by atoms with E-state index in [4.69, 9.17) is 9.47 Å².